The van der Waals surface area contributed by atoms with Crippen LogP contribution in [0.5, 0.6) is 23.0 Å². The number of nitrogens with zero attached hydrogens (tertiary/aromatic N) is 4. The second-order valence-corrected chi connectivity index (χ2v) is 19.6. The van der Waals surface area contributed by atoms with E-state index in [0.717, 1.165) is 10.5 Å². The number of anilines is 3. The fraction of sp³-hybridized carbons (Fsp3) is 0.373. The molecule has 0 radical (unpaired) electrons. The average molecular weight is 1130 g/mol. The van der Waals surface area contributed by atoms with E-state index in [2.05, 4.69) is 29.1 Å². The van der Waals surface area contributed by atoms with E-state index in [-0.39, 0.29) is 104 Å². The standard InChI is InChI=1S/C59H69N7O16/c1-10-15-37-25-44-56(72)66(59(75)81-22-13-4)43-29-49(47(77-9)27-41(43)55(71)63(44)30-37)79-24-14-23-78-48-28-42-40(26-46(48)76-8)54(70)64-31-38(16-11-2)51(67)45(64)32-65(42)58(74)82-33-36-17-19-39(20-18-36)61-52(68)35(7)60-53(69)50(34(5)6)62-57(73)80-21-12-3/h10-13,15-20,26-31,34-35,44-45,50-51,56,67,72H,3-4,14,21-25,32-33H2,1-2,5-9H3,(H,60,69)(H,61,68)(H,62,73)/b15-10+,16-11+/t35-,44+,45+,50-,51?,56+/m1/s1. The van der Waals surface area contributed by atoms with E-state index in [0.29, 0.717) is 16.8 Å². The zero-order chi connectivity index (χ0) is 59.4. The molecule has 82 heavy (non-hydrogen) atoms. The maximum atomic E-state index is 14.4. The second kappa shape index (κ2) is 27.4. The number of hydrogen-bond acceptors (Lipinski definition) is 16. The minimum Gasteiger partial charge on any atom is -0.493 e. The number of alkyl carbamates (subject to hydrolysis) is 1. The van der Waals surface area contributed by atoms with Gasteiger partial charge in [-0.3, -0.25) is 24.1 Å². The van der Waals surface area contributed by atoms with Gasteiger partial charge in [-0.15, -0.1) is 0 Å². The number of hydrogen-bond donors (Lipinski definition) is 5. The van der Waals surface area contributed by atoms with Crippen molar-refractivity contribution in [3.05, 3.63) is 138 Å². The summed E-state index contributed by atoms with van der Waals surface area (Å²) in [6.07, 6.45) is 8.27. The zero-order valence-corrected chi connectivity index (χ0v) is 46.7. The molecule has 0 saturated carbocycles. The molecule has 5 N–H and O–H groups in total. The highest BCUT2D eigenvalue weighted by Gasteiger charge is 2.46. The van der Waals surface area contributed by atoms with Crippen LogP contribution in [0.25, 0.3) is 0 Å². The highest BCUT2D eigenvalue weighted by atomic mass is 16.6. The van der Waals surface area contributed by atoms with Crippen LogP contribution < -0.4 is 44.7 Å². The van der Waals surface area contributed by atoms with Crippen molar-refractivity contribution in [3.8, 4) is 23.0 Å². The summed E-state index contributed by atoms with van der Waals surface area (Å²) in [5.41, 5.74) is 2.42. The van der Waals surface area contributed by atoms with Gasteiger partial charge in [0.2, 0.25) is 11.8 Å². The number of carbonyl (C=O) groups excluding carboxylic acids is 7. The molecule has 4 aliphatic heterocycles. The lowest BCUT2D eigenvalue weighted by atomic mass is 10.0. The van der Waals surface area contributed by atoms with Gasteiger partial charge in [-0.1, -0.05) is 75.6 Å². The van der Waals surface area contributed by atoms with Crippen LogP contribution in [0.15, 0.2) is 122 Å². The van der Waals surface area contributed by atoms with E-state index in [1.54, 1.807) is 69.6 Å². The summed E-state index contributed by atoms with van der Waals surface area (Å²) < 4.78 is 40.0. The molecule has 0 spiro atoms. The lowest BCUT2D eigenvalue weighted by Gasteiger charge is -2.31. The van der Waals surface area contributed by atoms with E-state index in [9.17, 15) is 43.8 Å². The molecule has 23 heteroatoms. The van der Waals surface area contributed by atoms with E-state index < -0.39 is 78.4 Å². The number of allylic oxidation sites excluding steroid dienone is 3. The SMILES string of the molecule is C=CCOC(=O)N[C@@H](C(=O)N[C@H](C)C(=O)Nc1ccc(COC(=O)N2C[C@H]3C(O)C(/C=C/C)=CN3C(=O)c3cc(OC)c(OCCCOc4cc5c(cc4OC)C(=O)N4C=C(/C=C/C)C[C@H]4[C@H](O)N5C(=O)OCC=C)cc32)cc1)C(C)C. The number of rotatable bonds is 22. The van der Waals surface area contributed by atoms with Crippen molar-refractivity contribution in [3.63, 3.8) is 0 Å². The summed E-state index contributed by atoms with van der Waals surface area (Å²) in [5.74, 6) is -1.82. The smallest absolute Gasteiger partial charge is 0.416 e. The van der Waals surface area contributed by atoms with Crippen molar-refractivity contribution in [1.29, 1.82) is 0 Å². The van der Waals surface area contributed by atoms with Gasteiger partial charge in [-0.25, -0.2) is 19.3 Å². The van der Waals surface area contributed by atoms with Crippen molar-refractivity contribution in [2.24, 2.45) is 5.92 Å². The molecule has 0 saturated heterocycles. The molecular formula is C59H69N7O16. The number of benzene rings is 3. The monoisotopic (exact) mass is 1130 g/mol. The summed E-state index contributed by atoms with van der Waals surface area (Å²) in [4.78, 5) is 99.8. The second-order valence-electron chi connectivity index (χ2n) is 19.6. The number of amides is 7. The van der Waals surface area contributed by atoms with Crippen molar-refractivity contribution >= 4 is 59.0 Å². The molecule has 4 heterocycles. The predicted octanol–water partition coefficient (Wildman–Crippen LogP) is 6.87. The number of aliphatic hydroxyl groups is 2. The van der Waals surface area contributed by atoms with E-state index in [1.165, 1.54) is 72.3 Å². The van der Waals surface area contributed by atoms with Crippen LogP contribution >= 0.6 is 0 Å². The molecule has 0 fully saturated rings. The third kappa shape index (κ3) is 13.6. The highest BCUT2D eigenvalue weighted by molar-refractivity contribution is 6.08. The minimum absolute atomic E-state index is 0.00715. The Morgan fingerprint density at radius 1 is 0.720 bits per heavy atom. The molecule has 4 aliphatic rings. The average Bonchev–Trinajstić information content (AvgIpc) is 3.02. The summed E-state index contributed by atoms with van der Waals surface area (Å²) in [7, 11) is 2.79. The first-order chi connectivity index (χ1) is 39.4. The van der Waals surface area contributed by atoms with Gasteiger partial charge >= 0.3 is 18.3 Å². The van der Waals surface area contributed by atoms with Gasteiger partial charge in [0, 0.05) is 36.6 Å². The van der Waals surface area contributed by atoms with E-state index in [1.807, 2.05) is 19.1 Å². The van der Waals surface area contributed by atoms with Crippen molar-refractivity contribution in [2.45, 2.75) is 90.6 Å². The molecule has 7 rings (SSSR count). The highest BCUT2D eigenvalue weighted by Crippen LogP contribution is 2.44. The normalized spacial score (nSPS) is 18.9. The third-order valence-electron chi connectivity index (χ3n) is 13.7. The van der Waals surface area contributed by atoms with Crippen molar-refractivity contribution < 1.29 is 76.9 Å². The Morgan fingerprint density at radius 3 is 1.91 bits per heavy atom. The van der Waals surface area contributed by atoms with Crippen LogP contribution in [0.4, 0.5) is 31.4 Å². The molecule has 3 aromatic carbocycles. The van der Waals surface area contributed by atoms with Crippen molar-refractivity contribution in [1.82, 2.24) is 20.4 Å². The van der Waals surface area contributed by atoms with E-state index in [4.69, 9.17) is 33.2 Å². The molecular weight excluding hydrogens is 1060 g/mol. The molecule has 1 unspecified atom stereocenters. The Kier molecular flexibility index (Phi) is 20.2. The molecule has 7 amide bonds. The zero-order valence-electron chi connectivity index (χ0n) is 46.7. The number of fused-ring (bicyclic) bond motifs is 4. The number of carbonyl (C=O) groups is 7. The van der Waals surface area contributed by atoms with Gasteiger partial charge in [-0.2, -0.15) is 0 Å². The van der Waals surface area contributed by atoms with Crippen LogP contribution in [0, 0.1) is 5.92 Å². The number of ether oxygens (including phenoxy) is 7. The quantitative estimate of drug-likeness (QED) is 0.0390. The fourth-order valence-corrected chi connectivity index (χ4v) is 9.54. The maximum absolute atomic E-state index is 14.4. The Morgan fingerprint density at radius 2 is 1.32 bits per heavy atom. The van der Waals surface area contributed by atoms with Crippen LogP contribution in [-0.4, -0.2) is 146 Å². The molecule has 436 valence electrons. The van der Waals surface area contributed by atoms with Gasteiger partial charge in [0.05, 0.1) is 68.6 Å². The molecule has 6 atom stereocenters. The molecule has 0 aliphatic carbocycles. The first kappa shape index (κ1) is 60.5. The maximum Gasteiger partial charge on any atom is 0.416 e. The van der Waals surface area contributed by atoms with E-state index >= 15 is 0 Å². The Hall–Kier alpha value is -9.09. The van der Waals surface area contributed by atoms with Crippen LogP contribution in [-0.2, 0) is 30.4 Å². The predicted molar refractivity (Wildman–Crippen MR) is 301 cm³/mol. The lowest BCUT2D eigenvalue weighted by Crippen LogP contribution is -2.53. The Balaban J connectivity index is 1.05. The lowest BCUT2D eigenvalue weighted by molar-refractivity contribution is -0.128. The number of methoxy groups -OCH3 is 2. The molecule has 3 aromatic rings. The van der Waals surface area contributed by atoms with Gasteiger partial charge < -0.3 is 69.1 Å². The third-order valence-corrected chi connectivity index (χ3v) is 13.7. The fourth-order valence-electron chi connectivity index (χ4n) is 9.54. The van der Waals surface area contributed by atoms with Crippen LogP contribution in [0.3, 0.4) is 0 Å². The molecule has 23 nitrogen and oxygen atoms in total. The summed E-state index contributed by atoms with van der Waals surface area (Å²) in [5, 5.41) is 31.0. The summed E-state index contributed by atoms with van der Waals surface area (Å²) in [6, 6.07) is 8.53. The summed E-state index contributed by atoms with van der Waals surface area (Å²) >= 11 is 0. The number of aliphatic hydroxyl groups excluding tert-OH is 2. The largest absolute Gasteiger partial charge is 0.493 e. The molecule has 0 aromatic heterocycles. The first-order valence-electron chi connectivity index (χ1n) is 26.5. The number of nitrogens with one attached hydrogen (secondary N) is 3. The minimum atomic E-state index is -1.51. The van der Waals surface area contributed by atoms with Gasteiger partial charge in [-0.05, 0) is 74.1 Å². The van der Waals surface area contributed by atoms with Gasteiger partial charge in [0.25, 0.3) is 11.8 Å². The Bertz CT molecular complexity index is 3060. The van der Waals surface area contributed by atoms with Crippen molar-refractivity contribution in [2.75, 3.05) is 62.3 Å². The first-order valence-corrected chi connectivity index (χ1v) is 26.5. The topological polar surface area (TPSA) is 274 Å². The summed E-state index contributed by atoms with van der Waals surface area (Å²) in [6.45, 7) is 15.0. The molecule has 0 bridgehead atoms. The van der Waals surface area contributed by atoms with Crippen LogP contribution in [0.1, 0.15) is 73.7 Å². The van der Waals surface area contributed by atoms with Gasteiger partial charge in [0.15, 0.2) is 29.2 Å². The Labute approximate surface area is 475 Å². The van der Waals surface area contributed by atoms with Crippen LogP contribution in [0.2, 0.25) is 0 Å². The van der Waals surface area contributed by atoms with Gasteiger partial charge in [0.1, 0.15) is 38.0 Å².